The lowest BCUT2D eigenvalue weighted by atomic mass is 10.1. The normalized spacial score (nSPS) is 23.0. The number of likely N-dealkylation sites (tertiary alicyclic amines) is 2. The van der Waals surface area contributed by atoms with Gasteiger partial charge in [-0.25, -0.2) is 0 Å². The molecule has 3 rings (SSSR count). The van der Waals surface area contributed by atoms with Gasteiger partial charge in [0.05, 0.1) is 12.6 Å². The average Bonchev–Trinajstić information content (AvgIpc) is 3.27. The van der Waals surface area contributed by atoms with Crippen LogP contribution in [0.1, 0.15) is 39.0 Å². The van der Waals surface area contributed by atoms with E-state index >= 15 is 0 Å². The number of hydrogen-bond donors (Lipinski definition) is 2. The molecule has 3 saturated heterocycles. The number of piperidine rings is 1. The number of rotatable bonds is 7. The van der Waals surface area contributed by atoms with Gasteiger partial charge in [0.25, 0.3) is 0 Å². The van der Waals surface area contributed by atoms with Crippen molar-refractivity contribution in [1.29, 1.82) is 0 Å². The van der Waals surface area contributed by atoms with E-state index in [-0.39, 0.29) is 6.10 Å². The fourth-order valence-electron chi connectivity index (χ4n) is 4.42. The quantitative estimate of drug-likeness (QED) is 0.352. The maximum atomic E-state index is 12.4. The lowest BCUT2D eigenvalue weighted by Gasteiger charge is -2.36. The number of nitrogens with one attached hydrogen (secondary N) is 1. The van der Waals surface area contributed by atoms with Crippen LogP contribution >= 0.6 is 0 Å². The lowest BCUT2D eigenvalue weighted by molar-refractivity contribution is -0.131. The zero-order chi connectivity index (χ0) is 20.5. The standard InChI is InChI=1S/C21H40N6O2/c1-2-22-21(23-8-5-9-24-12-6-19(28)7-13-24)27-16-14-25(15-17-27)18-20(29)26-10-3-4-11-26/h19,28H,2-18H2,1H3,(H,22,23). The Balaban J connectivity index is 1.37. The molecule has 3 aliphatic heterocycles. The third-order valence-corrected chi connectivity index (χ3v) is 6.28. The molecule has 166 valence electrons. The van der Waals surface area contributed by atoms with Crippen LogP contribution in [0.5, 0.6) is 0 Å². The Bertz CT molecular complexity index is 521. The zero-order valence-electron chi connectivity index (χ0n) is 18.2. The summed E-state index contributed by atoms with van der Waals surface area (Å²) in [6.45, 7) is 13.0. The van der Waals surface area contributed by atoms with E-state index in [9.17, 15) is 9.90 Å². The molecule has 0 unspecified atom stereocenters. The van der Waals surface area contributed by atoms with Gasteiger partial charge in [-0.1, -0.05) is 0 Å². The van der Waals surface area contributed by atoms with Gasteiger partial charge in [-0.05, 0) is 45.6 Å². The molecule has 8 heteroatoms. The highest BCUT2D eigenvalue weighted by atomic mass is 16.3. The van der Waals surface area contributed by atoms with Crippen molar-refractivity contribution in [2.75, 3.05) is 78.5 Å². The number of aliphatic hydroxyl groups is 1. The lowest BCUT2D eigenvalue weighted by Crippen LogP contribution is -2.54. The largest absolute Gasteiger partial charge is 0.393 e. The predicted molar refractivity (Wildman–Crippen MR) is 116 cm³/mol. The molecule has 3 fully saturated rings. The number of guanidine groups is 1. The van der Waals surface area contributed by atoms with Crippen molar-refractivity contribution >= 4 is 11.9 Å². The Hall–Kier alpha value is -1.38. The van der Waals surface area contributed by atoms with Crippen molar-refractivity contribution in [3.63, 3.8) is 0 Å². The van der Waals surface area contributed by atoms with Gasteiger partial charge in [0.2, 0.25) is 5.91 Å². The van der Waals surface area contributed by atoms with Crippen LogP contribution in [0.25, 0.3) is 0 Å². The zero-order valence-corrected chi connectivity index (χ0v) is 18.2. The van der Waals surface area contributed by atoms with Crippen LogP contribution in [0.3, 0.4) is 0 Å². The molecule has 0 saturated carbocycles. The molecule has 0 aromatic rings. The van der Waals surface area contributed by atoms with E-state index in [1.807, 2.05) is 4.90 Å². The van der Waals surface area contributed by atoms with Crippen LogP contribution in [0.4, 0.5) is 0 Å². The third kappa shape index (κ3) is 7.12. The minimum atomic E-state index is -0.103. The van der Waals surface area contributed by atoms with Crippen LogP contribution in [-0.2, 0) is 4.79 Å². The maximum absolute atomic E-state index is 12.4. The second-order valence-corrected chi connectivity index (χ2v) is 8.51. The van der Waals surface area contributed by atoms with Crippen LogP contribution < -0.4 is 5.32 Å². The minimum Gasteiger partial charge on any atom is -0.393 e. The van der Waals surface area contributed by atoms with Gasteiger partial charge in [-0.2, -0.15) is 0 Å². The van der Waals surface area contributed by atoms with Crippen molar-refractivity contribution in [1.82, 2.24) is 24.9 Å². The summed E-state index contributed by atoms with van der Waals surface area (Å²) >= 11 is 0. The fraction of sp³-hybridized carbons (Fsp3) is 0.905. The van der Waals surface area contributed by atoms with Gasteiger partial charge in [0, 0.05) is 65.4 Å². The molecule has 0 spiro atoms. The smallest absolute Gasteiger partial charge is 0.236 e. The summed E-state index contributed by atoms with van der Waals surface area (Å²) in [6, 6.07) is 0. The molecule has 0 radical (unpaired) electrons. The van der Waals surface area contributed by atoms with Crippen LogP contribution in [0, 0.1) is 0 Å². The predicted octanol–water partition coefficient (Wildman–Crippen LogP) is 0.0387. The molecule has 0 aromatic heterocycles. The molecule has 3 heterocycles. The SMILES string of the molecule is CCNC(=NCCCN1CCC(O)CC1)N1CCN(CC(=O)N2CCCC2)CC1. The molecule has 0 aromatic carbocycles. The minimum absolute atomic E-state index is 0.103. The average molecular weight is 409 g/mol. The summed E-state index contributed by atoms with van der Waals surface area (Å²) in [7, 11) is 0. The van der Waals surface area contributed by atoms with Gasteiger partial charge in [0.1, 0.15) is 0 Å². The Morgan fingerprint density at radius 3 is 2.31 bits per heavy atom. The number of nitrogens with zero attached hydrogens (tertiary/aromatic N) is 5. The molecular formula is C21H40N6O2. The van der Waals surface area contributed by atoms with Crippen LogP contribution in [0.2, 0.25) is 0 Å². The van der Waals surface area contributed by atoms with Gasteiger partial charge >= 0.3 is 0 Å². The molecular weight excluding hydrogens is 368 g/mol. The molecule has 2 N–H and O–H groups in total. The summed E-state index contributed by atoms with van der Waals surface area (Å²) in [5.74, 6) is 1.30. The Morgan fingerprint density at radius 2 is 1.66 bits per heavy atom. The first-order chi connectivity index (χ1) is 14.2. The van der Waals surface area contributed by atoms with E-state index in [1.54, 1.807) is 0 Å². The molecule has 0 atom stereocenters. The number of carbonyl (C=O) groups is 1. The molecule has 29 heavy (non-hydrogen) atoms. The van der Waals surface area contributed by atoms with Crippen molar-refractivity contribution in [2.24, 2.45) is 4.99 Å². The van der Waals surface area contributed by atoms with Gasteiger partial charge in [0.15, 0.2) is 5.96 Å². The first-order valence-corrected chi connectivity index (χ1v) is 11.6. The number of piperazine rings is 1. The Morgan fingerprint density at radius 1 is 0.966 bits per heavy atom. The van der Waals surface area contributed by atoms with E-state index in [0.29, 0.717) is 12.5 Å². The highest BCUT2D eigenvalue weighted by molar-refractivity contribution is 5.80. The van der Waals surface area contributed by atoms with E-state index in [1.165, 1.54) is 0 Å². The first kappa shape index (κ1) is 22.3. The maximum Gasteiger partial charge on any atom is 0.236 e. The van der Waals surface area contributed by atoms with Gasteiger partial charge in [-0.3, -0.25) is 14.7 Å². The topological polar surface area (TPSA) is 74.6 Å². The van der Waals surface area contributed by atoms with Crippen LogP contribution in [0.15, 0.2) is 4.99 Å². The fourth-order valence-corrected chi connectivity index (χ4v) is 4.42. The number of carbonyl (C=O) groups excluding carboxylic acids is 1. The van der Waals surface area contributed by atoms with Crippen molar-refractivity contribution < 1.29 is 9.90 Å². The van der Waals surface area contributed by atoms with Crippen molar-refractivity contribution in [3.05, 3.63) is 0 Å². The molecule has 3 aliphatic rings. The van der Waals surface area contributed by atoms with Gasteiger partial charge in [-0.15, -0.1) is 0 Å². The van der Waals surface area contributed by atoms with E-state index in [0.717, 1.165) is 110 Å². The first-order valence-electron chi connectivity index (χ1n) is 11.6. The van der Waals surface area contributed by atoms with Crippen LogP contribution in [-0.4, -0.2) is 121 Å². The number of aliphatic imine (C=N–C) groups is 1. The second-order valence-electron chi connectivity index (χ2n) is 8.51. The Kier molecular flexibility index (Phi) is 9.01. The molecule has 8 nitrogen and oxygen atoms in total. The number of amides is 1. The molecule has 0 bridgehead atoms. The molecule has 0 aliphatic carbocycles. The number of aliphatic hydroxyl groups excluding tert-OH is 1. The monoisotopic (exact) mass is 408 g/mol. The van der Waals surface area contributed by atoms with E-state index < -0.39 is 0 Å². The third-order valence-electron chi connectivity index (χ3n) is 6.28. The summed E-state index contributed by atoms with van der Waals surface area (Å²) in [6.07, 6.45) is 5.06. The Labute approximate surface area is 175 Å². The summed E-state index contributed by atoms with van der Waals surface area (Å²) in [5.41, 5.74) is 0. The summed E-state index contributed by atoms with van der Waals surface area (Å²) in [5, 5.41) is 13.0. The van der Waals surface area contributed by atoms with Crippen molar-refractivity contribution in [2.45, 2.75) is 45.1 Å². The summed E-state index contributed by atoms with van der Waals surface area (Å²) in [4.78, 5) is 26.3. The highest BCUT2D eigenvalue weighted by Gasteiger charge is 2.24. The molecule has 1 amide bonds. The number of hydrogen-bond acceptors (Lipinski definition) is 5. The summed E-state index contributed by atoms with van der Waals surface area (Å²) < 4.78 is 0. The van der Waals surface area contributed by atoms with Crippen molar-refractivity contribution in [3.8, 4) is 0 Å². The second kappa shape index (κ2) is 11.7. The van der Waals surface area contributed by atoms with E-state index in [2.05, 4.69) is 26.9 Å². The van der Waals surface area contributed by atoms with E-state index in [4.69, 9.17) is 4.99 Å². The van der Waals surface area contributed by atoms with Gasteiger partial charge < -0.3 is 25.1 Å². The highest BCUT2D eigenvalue weighted by Crippen LogP contribution is 2.11.